The van der Waals surface area contributed by atoms with Crippen LogP contribution in [-0.2, 0) is 18.4 Å². The number of rotatable bonds is 3. The molecule has 1 fully saturated rings. The molecule has 1 heterocycles. The highest BCUT2D eigenvalue weighted by atomic mass is 16.6. The Hall–Kier alpha value is -2.40. The Balaban J connectivity index is 1.60. The zero-order valence-electron chi connectivity index (χ0n) is 15.2. The van der Waals surface area contributed by atoms with Gasteiger partial charge in [0, 0.05) is 24.7 Å². The number of nitro benzene ring substituents is 1. The predicted molar refractivity (Wildman–Crippen MR) is 100 cm³/mol. The number of hydrogen-bond donors (Lipinski definition) is 1. The van der Waals surface area contributed by atoms with E-state index in [1.807, 2.05) is 18.2 Å². The topological polar surface area (TPSA) is 66.6 Å². The summed E-state index contributed by atoms with van der Waals surface area (Å²) in [5, 5.41) is 20.8. The fraction of sp³-hybridized carbons (Fsp3) is 0.429. The molecule has 0 unspecified atom stereocenters. The van der Waals surface area contributed by atoms with Gasteiger partial charge in [-0.1, -0.05) is 32.0 Å². The van der Waals surface area contributed by atoms with Crippen LogP contribution in [0.1, 0.15) is 37.0 Å². The number of nitrogens with zero attached hydrogens (tertiary/aromatic N) is 2. The third kappa shape index (κ3) is 2.67. The summed E-state index contributed by atoms with van der Waals surface area (Å²) < 4.78 is 0. The predicted octanol–water partition coefficient (Wildman–Crippen LogP) is 4.02. The molecular weight excluding hydrogens is 328 g/mol. The van der Waals surface area contributed by atoms with Gasteiger partial charge in [0.05, 0.1) is 4.92 Å². The van der Waals surface area contributed by atoms with Crippen molar-refractivity contribution in [3.63, 3.8) is 0 Å². The van der Waals surface area contributed by atoms with Crippen LogP contribution < -0.4 is 0 Å². The molecule has 0 spiro atoms. The van der Waals surface area contributed by atoms with Crippen molar-refractivity contribution in [3.8, 4) is 5.75 Å². The first-order chi connectivity index (χ1) is 12.4. The Labute approximate surface area is 153 Å². The normalized spacial score (nSPS) is 27.8. The molecular formula is C21H24N2O3. The maximum Gasteiger partial charge on any atom is 0.269 e. The minimum absolute atomic E-state index is 0.0863. The van der Waals surface area contributed by atoms with Crippen molar-refractivity contribution >= 4 is 5.69 Å². The molecule has 2 aromatic carbocycles. The van der Waals surface area contributed by atoms with Gasteiger partial charge in [-0.15, -0.1) is 0 Å². The summed E-state index contributed by atoms with van der Waals surface area (Å²) in [7, 11) is 0. The van der Waals surface area contributed by atoms with Gasteiger partial charge in [-0.25, -0.2) is 0 Å². The number of aromatic hydroxyl groups is 1. The SMILES string of the molecule is C[C@@H]1[C@@H]2Cc3ccc(O)cc3[C@@]1(C)CCN2Cc1ccc([N+](=O)[O-])cc1. The standard InChI is InChI=1S/C21H24N2O3/c1-14-20-11-16-5-8-18(24)12-19(16)21(14,2)9-10-22(20)13-15-3-6-17(7-4-15)23(25)26/h3-8,12,14,20,24H,9-11,13H2,1-2H3/t14-,20+,21+/m1/s1. The molecule has 1 aliphatic carbocycles. The van der Waals surface area contributed by atoms with E-state index in [0.29, 0.717) is 17.7 Å². The summed E-state index contributed by atoms with van der Waals surface area (Å²) in [4.78, 5) is 13.0. The molecule has 1 aliphatic heterocycles. The highest BCUT2D eigenvalue weighted by Crippen LogP contribution is 2.49. The molecule has 5 heteroatoms. The van der Waals surface area contributed by atoms with Gasteiger partial charge < -0.3 is 5.11 Å². The summed E-state index contributed by atoms with van der Waals surface area (Å²) in [6.07, 6.45) is 2.04. The van der Waals surface area contributed by atoms with E-state index in [2.05, 4.69) is 24.8 Å². The highest BCUT2D eigenvalue weighted by Gasteiger charge is 2.48. The fourth-order valence-electron chi connectivity index (χ4n) is 4.85. The van der Waals surface area contributed by atoms with Gasteiger partial charge in [0.15, 0.2) is 0 Å². The largest absolute Gasteiger partial charge is 0.508 e. The van der Waals surface area contributed by atoms with E-state index in [-0.39, 0.29) is 16.0 Å². The maximum absolute atomic E-state index is 10.8. The van der Waals surface area contributed by atoms with Crippen molar-refractivity contribution in [3.05, 3.63) is 69.3 Å². The molecule has 3 atom stereocenters. The Bertz CT molecular complexity index is 849. The van der Waals surface area contributed by atoms with E-state index >= 15 is 0 Å². The van der Waals surface area contributed by atoms with E-state index < -0.39 is 0 Å². The summed E-state index contributed by atoms with van der Waals surface area (Å²) in [6, 6.07) is 13.2. The molecule has 2 aromatic rings. The molecule has 0 radical (unpaired) electrons. The third-order valence-corrected chi connectivity index (χ3v) is 6.64. The summed E-state index contributed by atoms with van der Waals surface area (Å²) in [5.41, 5.74) is 3.98. The van der Waals surface area contributed by atoms with Gasteiger partial charge in [0.1, 0.15) is 5.75 Å². The number of piperidine rings is 1. The lowest BCUT2D eigenvalue weighted by atomic mass is 9.59. The Morgan fingerprint density at radius 1 is 1.27 bits per heavy atom. The number of fused-ring (bicyclic) bond motifs is 4. The Morgan fingerprint density at radius 3 is 2.69 bits per heavy atom. The molecule has 0 aromatic heterocycles. The van der Waals surface area contributed by atoms with Crippen LogP contribution in [0.5, 0.6) is 5.75 Å². The third-order valence-electron chi connectivity index (χ3n) is 6.64. The molecule has 0 amide bonds. The fourth-order valence-corrected chi connectivity index (χ4v) is 4.85. The van der Waals surface area contributed by atoms with E-state index in [9.17, 15) is 15.2 Å². The first kappa shape index (κ1) is 17.0. The van der Waals surface area contributed by atoms with Crippen LogP contribution in [0.2, 0.25) is 0 Å². The van der Waals surface area contributed by atoms with Gasteiger partial charge >= 0.3 is 0 Å². The summed E-state index contributed by atoms with van der Waals surface area (Å²) in [6.45, 7) is 6.46. The van der Waals surface area contributed by atoms with Crippen molar-refractivity contribution in [2.75, 3.05) is 6.54 Å². The maximum atomic E-state index is 10.8. The lowest BCUT2D eigenvalue weighted by Gasteiger charge is -2.54. The zero-order valence-corrected chi connectivity index (χ0v) is 15.2. The molecule has 1 saturated heterocycles. The van der Waals surface area contributed by atoms with Crippen LogP contribution in [0.4, 0.5) is 5.69 Å². The van der Waals surface area contributed by atoms with E-state index in [0.717, 1.165) is 31.5 Å². The Kier molecular flexibility index (Phi) is 3.99. The van der Waals surface area contributed by atoms with Gasteiger partial charge in [0.2, 0.25) is 0 Å². The number of benzene rings is 2. The quantitative estimate of drug-likeness (QED) is 0.669. The smallest absolute Gasteiger partial charge is 0.269 e. The van der Waals surface area contributed by atoms with Gasteiger partial charge in [0.25, 0.3) is 5.69 Å². The van der Waals surface area contributed by atoms with Crippen molar-refractivity contribution < 1.29 is 10.0 Å². The minimum Gasteiger partial charge on any atom is -0.508 e. The number of hydrogen-bond acceptors (Lipinski definition) is 4. The second kappa shape index (κ2) is 6.09. The second-order valence-corrected chi connectivity index (χ2v) is 7.96. The second-order valence-electron chi connectivity index (χ2n) is 7.96. The Morgan fingerprint density at radius 2 is 2.00 bits per heavy atom. The molecule has 136 valence electrons. The first-order valence-corrected chi connectivity index (χ1v) is 9.18. The first-order valence-electron chi connectivity index (χ1n) is 9.18. The highest BCUT2D eigenvalue weighted by molar-refractivity contribution is 5.44. The van der Waals surface area contributed by atoms with Crippen LogP contribution in [-0.4, -0.2) is 27.5 Å². The lowest BCUT2D eigenvalue weighted by Crippen LogP contribution is -2.57. The molecule has 2 aliphatic rings. The molecule has 2 bridgehead atoms. The van der Waals surface area contributed by atoms with Crippen LogP contribution in [0.15, 0.2) is 42.5 Å². The van der Waals surface area contributed by atoms with E-state index in [1.54, 1.807) is 18.2 Å². The lowest BCUT2D eigenvalue weighted by molar-refractivity contribution is -0.384. The number of nitro groups is 1. The average Bonchev–Trinajstić information content (AvgIpc) is 2.62. The van der Waals surface area contributed by atoms with Crippen LogP contribution in [0.25, 0.3) is 0 Å². The summed E-state index contributed by atoms with van der Waals surface area (Å²) >= 11 is 0. The molecule has 5 nitrogen and oxygen atoms in total. The van der Waals surface area contributed by atoms with Crippen LogP contribution >= 0.6 is 0 Å². The minimum atomic E-state index is -0.355. The van der Waals surface area contributed by atoms with Gasteiger partial charge in [-0.05, 0) is 59.5 Å². The van der Waals surface area contributed by atoms with E-state index in [4.69, 9.17) is 0 Å². The number of phenolic OH excluding ortho intramolecular Hbond substituents is 1. The molecule has 4 rings (SSSR count). The van der Waals surface area contributed by atoms with Crippen molar-refractivity contribution in [1.29, 1.82) is 0 Å². The monoisotopic (exact) mass is 352 g/mol. The summed E-state index contributed by atoms with van der Waals surface area (Å²) in [5.74, 6) is 0.840. The van der Waals surface area contributed by atoms with Gasteiger partial charge in [-0.3, -0.25) is 15.0 Å². The molecule has 1 N–H and O–H groups in total. The number of likely N-dealkylation sites (tertiary alicyclic amines) is 1. The molecule has 0 saturated carbocycles. The van der Waals surface area contributed by atoms with Crippen LogP contribution in [0.3, 0.4) is 0 Å². The van der Waals surface area contributed by atoms with Crippen LogP contribution in [0, 0.1) is 16.0 Å². The average molecular weight is 352 g/mol. The van der Waals surface area contributed by atoms with Crippen molar-refractivity contribution in [2.24, 2.45) is 5.92 Å². The number of phenols is 1. The number of non-ortho nitro benzene ring substituents is 1. The molecule has 26 heavy (non-hydrogen) atoms. The van der Waals surface area contributed by atoms with Crippen molar-refractivity contribution in [2.45, 2.75) is 44.7 Å². The van der Waals surface area contributed by atoms with Gasteiger partial charge in [-0.2, -0.15) is 0 Å². The zero-order chi connectivity index (χ0) is 18.5. The van der Waals surface area contributed by atoms with E-state index in [1.165, 1.54) is 11.1 Å². The van der Waals surface area contributed by atoms with Crippen molar-refractivity contribution in [1.82, 2.24) is 4.90 Å².